The third kappa shape index (κ3) is 2.10. The van der Waals surface area contributed by atoms with Gasteiger partial charge in [-0.3, -0.25) is 0 Å². The summed E-state index contributed by atoms with van der Waals surface area (Å²) in [7, 11) is 0. The maximum Gasteiger partial charge on any atom is 0.0741 e. The van der Waals surface area contributed by atoms with Crippen LogP contribution in [-0.4, -0.2) is 17.3 Å². The van der Waals surface area contributed by atoms with Gasteiger partial charge in [-0.25, -0.2) is 0 Å². The van der Waals surface area contributed by atoms with E-state index < -0.39 is 0 Å². The van der Waals surface area contributed by atoms with Crippen molar-refractivity contribution in [3.05, 3.63) is 28.7 Å². The normalized spacial score (nSPS) is 26.4. The molecule has 2 N–H and O–H groups in total. The zero-order valence-electron chi connectivity index (χ0n) is 7.91. The van der Waals surface area contributed by atoms with Crippen LogP contribution in [0.2, 0.25) is 0 Å². The van der Waals surface area contributed by atoms with Gasteiger partial charge in [0.25, 0.3) is 0 Å². The molecule has 2 rings (SSSR count). The number of rotatable bonds is 2. The minimum absolute atomic E-state index is 0.192. The van der Waals surface area contributed by atoms with Gasteiger partial charge in [-0.2, -0.15) is 0 Å². The van der Waals surface area contributed by atoms with E-state index in [2.05, 4.69) is 21.2 Å². The molecule has 14 heavy (non-hydrogen) atoms. The van der Waals surface area contributed by atoms with Crippen LogP contribution in [0.25, 0.3) is 0 Å². The van der Waals surface area contributed by atoms with Crippen molar-refractivity contribution in [3.63, 3.8) is 0 Å². The van der Waals surface area contributed by atoms with E-state index in [0.717, 1.165) is 29.4 Å². The van der Waals surface area contributed by atoms with Crippen LogP contribution in [-0.2, 0) is 0 Å². The fraction of sp³-hybridized carbons (Fsp3) is 0.455. The largest absolute Gasteiger partial charge is 0.391 e. The quantitative estimate of drug-likeness (QED) is 0.852. The van der Waals surface area contributed by atoms with Gasteiger partial charge in [-0.15, -0.1) is 0 Å². The summed E-state index contributed by atoms with van der Waals surface area (Å²) >= 11 is 3.48. The molecule has 76 valence electrons. The number of aliphatic hydroxyl groups excluding tert-OH is 1. The summed E-state index contributed by atoms with van der Waals surface area (Å²) in [6, 6.07) is 8.22. The lowest BCUT2D eigenvalue weighted by molar-refractivity contribution is 0.172. The lowest BCUT2D eigenvalue weighted by Crippen LogP contribution is -2.27. The van der Waals surface area contributed by atoms with Gasteiger partial charge in [0.2, 0.25) is 0 Å². The Bertz CT molecular complexity index is 316. The van der Waals surface area contributed by atoms with Crippen molar-refractivity contribution in [3.8, 4) is 0 Å². The summed E-state index contributed by atoms with van der Waals surface area (Å²) in [5.41, 5.74) is 1.07. The van der Waals surface area contributed by atoms with Crippen LogP contribution >= 0.6 is 15.9 Å². The highest BCUT2D eigenvalue weighted by molar-refractivity contribution is 9.10. The molecule has 0 heterocycles. The van der Waals surface area contributed by atoms with E-state index in [1.54, 1.807) is 0 Å². The monoisotopic (exact) mass is 255 g/mol. The van der Waals surface area contributed by atoms with Crippen molar-refractivity contribution in [2.75, 3.05) is 5.32 Å². The van der Waals surface area contributed by atoms with Gasteiger partial charge >= 0.3 is 0 Å². The summed E-state index contributed by atoms with van der Waals surface area (Å²) in [6.07, 6.45) is 2.90. The van der Waals surface area contributed by atoms with Crippen molar-refractivity contribution in [1.82, 2.24) is 0 Å². The van der Waals surface area contributed by atoms with Crippen LogP contribution in [0.3, 0.4) is 0 Å². The molecule has 2 atom stereocenters. The first-order valence-electron chi connectivity index (χ1n) is 4.96. The van der Waals surface area contributed by atoms with E-state index in [-0.39, 0.29) is 12.1 Å². The Balaban J connectivity index is 2.07. The Morgan fingerprint density at radius 1 is 1.29 bits per heavy atom. The number of para-hydroxylation sites is 1. The van der Waals surface area contributed by atoms with Crippen LogP contribution in [0.5, 0.6) is 0 Å². The number of aliphatic hydroxyl groups is 1. The molecule has 0 aromatic heterocycles. The number of hydrogen-bond acceptors (Lipinski definition) is 2. The molecule has 0 amide bonds. The summed E-state index contributed by atoms with van der Waals surface area (Å²) in [5, 5.41) is 13.0. The Hall–Kier alpha value is -0.540. The topological polar surface area (TPSA) is 32.3 Å². The number of hydrogen-bond donors (Lipinski definition) is 2. The predicted octanol–water partition coefficient (Wildman–Crippen LogP) is 2.77. The zero-order chi connectivity index (χ0) is 9.97. The Kier molecular flexibility index (Phi) is 3.08. The number of anilines is 1. The molecule has 0 bridgehead atoms. The van der Waals surface area contributed by atoms with Crippen molar-refractivity contribution >= 4 is 21.6 Å². The fourth-order valence-electron chi connectivity index (χ4n) is 1.89. The zero-order valence-corrected chi connectivity index (χ0v) is 9.50. The first-order chi connectivity index (χ1) is 6.77. The van der Waals surface area contributed by atoms with Crippen LogP contribution < -0.4 is 5.32 Å². The second-order valence-corrected chi connectivity index (χ2v) is 4.58. The highest BCUT2D eigenvalue weighted by Crippen LogP contribution is 2.27. The molecule has 1 saturated carbocycles. The average molecular weight is 256 g/mol. The van der Waals surface area contributed by atoms with Crippen molar-refractivity contribution < 1.29 is 5.11 Å². The van der Waals surface area contributed by atoms with E-state index in [4.69, 9.17) is 0 Å². The molecule has 3 heteroatoms. The van der Waals surface area contributed by atoms with Crippen LogP contribution in [0, 0.1) is 0 Å². The first kappa shape index (κ1) is 9.99. The van der Waals surface area contributed by atoms with E-state index in [1.807, 2.05) is 24.3 Å². The third-order valence-corrected chi connectivity index (χ3v) is 3.39. The Labute approximate surface area is 92.5 Å². The SMILES string of the molecule is OC1CCCC1Nc1ccccc1Br. The second kappa shape index (κ2) is 4.32. The Morgan fingerprint density at radius 3 is 2.71 bits per heavy atom. The van der Waals surface area contributed by atoms with E-state index in [1.165, 1.54) is 0 Å². The van der Waals surface area contributed by atoms with Gasteiger partial charge in [0.05, 0.1) is 12.1 Å². The number of benzene rings is 1. The molecule has 2 nitrogen and oxygen atoms in total. The number of halogens is 1. The number of nitrogens with one attached hydrogen (secondary N) is 1. The molecule has 1 fully saturated rings. The molecule has 1 aliphatic carbocycles. The summed E-state index contributed by atoms with van der Waals surface area (Å²) in [6.45, 7) is 0. The minimum Gasteiger partial charge on any atom is -0.391 e. The predicted molar refractivity (Wildman–Crippen MR) is 61.4 cm³/mol. The molecule has 0 radical (unpaired) electrons. The lowest BCUT2D eigenvalue weighted by Gasteiger charge is -2.18. The van der Waals surface area contributed by atoms with Gasteiger partial charge in [-0.05, 0) is 47.3 Å². The van der Waals surface area contributed by atoms with Gasteiger partial charge in [0.1, 0.15) is 0 Å². The standard InChI is InChI=1S/C11H14BrNO/c12-8-4-1-2-5-9(8)13-10-6-3-7-11(10)14/h1-2,4-5,10-11,13-14H,3,6-7H2. The molecule has 1 aromatic carbocycles. The molecule has 2 unspecified atom stereocenters. The summed E-state index contributed by atoms with van der Waals surface area (Å²) in [5.74, 6) is 0. The van der Waals surface area contributed by atoms with E-state index in [0.29, 0.717) is 0 Å². The molecule has 0 aliphatic heterocycles. The van der Waals surface area contributed by atoms with Gasteiger partial charge in [0, 0.05) is 10.2 Å². The Morgan fingerprint density at radius 2 is 2.07 bits per heavy atom. The summed E-state index contributed by atoms with van der Waals surface area (Å²) in [4.78, 5) is 0. The smallest absolute Gasteiger partial charge is 0.0741 e. The van der Waals surface area contributed by atoms with Crippen molar-refractivity contribution in [1.29, 1.82) is 0 Å². The van der Waals surface area contributed by atoms with Crippen LogP contribution in [0.4, 0.5) is 5.69 Å². The highest BCUT2D eigenvalue weighted by atomic mass is 79.9. The lowest BCUT2D eigenvalue weighted by atomic mass is 10.2. The third-order valence-electron chi connectivity index (χ3n) is 2.69. The first-order valence-corrected chi connectivity index (χ1v) is 5.76. The maximum atomic E-state index is 9.66. The van der Waals surface area contributed by atoms with Crippen LogP contribution in [0.1, 0.15) is 19.3 Å². The minimum atomic E-state index is -0.192. The van der Waals surface area contributed by atoms with Crippen molar-refractivity contribution in [2.24, 2.45) is 0 Å². The summed E-state index contributed by atoms with van der Waals surface area (Å²) < 4.78 is 1.05. The average Bonchev–Trinajstić information content (AvgIpc) is 2.56. The molecule has 1 aromatic rings. The molecule has 0 saturated heterocycles. The molecular formula is C11H14BrNO. The molecule has 1 aliphatic rings. The van der Waals surface area contributed by atoms with Gasteiger partial charge in [-0.1, -0.05) is 12.1 Å². The van der Waals surface area contributed by atoms with Crippen LogP contribution in [0.15, 0.2) is 28.7 Å². The molecular weight excluding hydrogens is 242 g/mol. The van der Waals surface area contributed by atoms with Gasteiger partial charge < -0.3 is 10.4 Å². The molecule has 0 spiro atoms. The van der Waals surface area contributed by atoms with E-state index in [9.17, 15) is 5.11 Å². The van der Waals surface area contributed by atoms with E-state index >= 15 is 0 Å². The maximum absolute atomic E-state index is 9.66. The second-order valence-electron chi connectivity index (χ2n) is 3.73. The highest BCUT2D eigenvalue weighted by Gasteiger charge is 2.25. The van der Waals surface area contributed by atoms with Crippen molar-refractivity contribution in [2.45, 2.75) is 31.4 Å². The fourth-order valence-corrected chi connectivity index (χ4v) is 2.29. The van der Waals surface area contributed by atoms with Gasteiger partial charge in [0.15, 0.2) is 0 Å².